The van der Waals surface area contributed by atoms with E-state index < -0.39 is 0 Å². The van der Waals surface area contributed by atoms with Gasteiger partial charge in [-0.3, -0.25) is 4.57 Å². The fraction of sp³-hybridized carbons (Fsp3) is 0.0263. The van der Waals surface area contributed by atoms with Crippen molar-refractivity contribution < 1.29 is 0 Å². The zero-order valence-corrected chi connectivity index (χ0v) is 25.8. The Morgan fingerprint density at radius 1 is 0.581 bits per heavy atom. The van der Waals surface area contributed by atoms with Gasteiger partial charge in [0.1, 0.15) is 5.82 Å². The zero-order chi connectivity index (χ0) is 28.9. The van der Waals surface area contributed by atoms with Gasteiger partial charge in [-0.2, -0.15) is 0 Å². The highest BCUT2D eigenvalue weighted by Crippen LogP contribution is 2.43. The van der Waals surface area contributed by atoms with Crippen LogP contribution in [-0.2, 0) is 0 Å². The van der Waals surface area contributed by atoms with E-state index >= 15 is 0 Å². The summed E-state index contributed by atoms with van der Waals surface area (Å²) in [5.41, 5.74) is 10.1. The fourth-order valence-corrected chi connectivity index (χ4v) is 7.32. The topological polar surface area (TPSA) is 22.8 Å². The predicted molar refractivity (Wildman–Crippen MR) is 186 cm³/mol. The van der Waals surface area contributed by atoms with Crippen molar-refractivity contribution in [3.63, 3.8) is 0 Å². The molecule has 2 aromatic heterocycles. The average Bonchev–Trinajstić information content (AvgIpc) is 3.61. The predicted octanol–water partition coefficient (Wildman–Crippen LogP) is 10.9. The van der Waals surface area contributed by atoms with Crippen LogP contribution in [-0.4, -0.2) is 20.4 Å². The molecule has 0 aliphatic heterocycles. The lowest BCUT2D eigenvalue weighted by molar-refractivity contribution is 1.10. The second kappa shape index (κ2) is 10.6. The molecular formula is C38H26BrN3S. The molecule has 8 rings (SSSR count). The van der Waals surface area contributed by atoms with Crippen LogP contribution in [0.4, 0.5) is 0 Å². The Labute approximate surface area is 262 Å². The SMILES string of the molecule is CSc1ccccc1-c1cc(Br)cc2c3ccccc3n(-c3cccc(-c4nc5ccccc5n4-c4ccccc4)c3)c12. The molecule has 0 unspecified atom stereocenters. The van der Waals surface area contributed by atoms with Gasteiger partial charge in [-0.1, -0.05) is 94.8 Å². The lowest BCUT2D eigenvalue weighted by Gasteiger charge is -2.15. The number of imidazole rings is 1. The van der Waals surface area contributed by atoms with Gasteiger partial charge >= 0.3 is 0 Å². The summed E-state index contributed by atoms with van der Waals surface area (Å²) in [5.74, 6) is 0.922. The van der Waals surface area contributed by atoms with E-state index in [0.29, 0.717) is 0 Å². The molecule has 2 heterocycles. The summed E-state index contributed by atoms with van der Waals surface area (Å²) in [4.78, 5) is 6.40. The van der Waals surface area contributed by atoms with Crippen LogP contribution < -0.4 is 0 Å². The third kappa shape index (κ3) is 4.31. The van der Waals surface area contributed by atoms with Crippen molar-refractivity contribution in [2.24, 2.45) is 0 Å². The van der Waals surface area contributed by atoms with Crippen molar-refractivity contribution in [1.82, 2.24) is 14.1 Å². The Balaban J connectivity index is 1.43. The van der Waals surface area contributed by atoms with Crippen LogP contribution in [0.5, 0.6) is 0 Å². The molecule has 0 N–H and O–H groups in total. The van der Waals surface area contributed by atoms with Crippen LogP contribution in [0.3, 0.4) is 0 Å². The molecule has 0 fully saturated rings. The summed E-state index contributed by atoms with van der Waals surface area (Å²) in [5, 5.41) is 2.45. The largest absolute Gasteiger partial charge is 0.309 e. The van der Waals surface area contributed by atoms with Crippen molar-refractivity contribution in [3.8, 4) is 33.9 Å². The van der Waals surface area contributed by atoms with E-state index in [1.807, 2.05) is 0 Å². The van der Waals surface area contributed by atoms with Gasteiger partial charge in [-0.25, -0.2) is 4.98 Å². The molecule has 0 spiro atoms. The van der Waals surface area contributed by atoms with Gasteiger partial charge in [-0.05, 0) is 72.5 Å². The molecule has 5 heteroatoms. The first-order valence-electron chi connectivity index (χ1n) is 14.2. The molecule has 3 nitrogen and oxygen atoms in total. The maximum absolute atomic E-state index is 5.15. The first kappa shape index (κ1) is 26.1. The number of para-hydroxylation sites is 4. The van der Waals surface area contributed by atoms with Crippen LogP contribution in [0.15, 0.2) is 149 Å². The quantitative estimate of drug-likeness (QED) is 0.176. The first-order chi connectivity index (χ1) is 21.2. The Kier molecular flexibility index (Phi) is 6.43. The molecule has 43 heavy (non-hydrogen) atoms. The van der Waals surface area contributed by atoms with Crippen molar-refractivity contribution in [2.45, 2.75) is 4.90 Å². The first-order valence-corrected chi connectivity index (χ1v) is 16.2. The summed E-state index contributed by atoms with van der Waals surface area (Å²) in [6.07, 6.45) is 2.14. The highest BCUT2D eigenvalue weighted by molar-refractivity contribution is 9.10. The summed E-state index contributed by atoms with van der Waals surface area (Å²) in [6, 6.07) is 49.5. The highest BCUT2D eigenvalue weighted by atomic mass is 79.9. The molecule has 0 aliphatic carbocycles. The molecule has 0 saturated heterocycles. The van der Waals surface area contributed by atoms with E-state index in [1.54, 1.807) is 11.8 Å². The number of hydrogen-bond donors (Lipinski definition) is 0. The van der Waals surface area contributed by atoms with Gasteiger partial charge in [0, 0.05) is 42.6 Å². The summed E-state index contributed by atoms with van der Waals surface area (Å²) >= 11 is 5.62. The molecule has 6 aromatic carbocycles. The highest BCUT2D eigenvalue weighted by Gasteiger charge is 2.20. The van der Waals surface area contributed by atoms with Gasteiger partial charge in [0.2, 0.25) is 0 Å². The minimum Gasteiger partial charge on any atom is -0.309 e. The Bertz CT molecular complexity index is 2300. The third-order valence-corrected chi connectivity index (χ3v) is 9.32. The van der Waals surface area contributed by atoms with Crippen LogP contribution >= 0.6 is 27.7 Å². The average molecular weight is 637 g/mol. The standard InChI is InChI=1S/C38H26BrN3S/c1-43-36-21-10-6-17-30(36)32-24-26(39)23-31-29-16-5-8-19-34(29)41(37(31)32)28-15-11-12-25(22-28)38-40-33-18-7-9-20-35(33)42(38)27-13-3-2-4-14-27/h2-24H,1H3. The van der Waals surface area contributed by atoms with E-state index in [1.165, 1.54) is 37.8 Å². The van der Waals surface area contributed by atoms with Gasteiger partial charge in [0.05, 0.1) is 22.1 Å². The Morgan fingerprint density at radius 3 is 2.16 bits per heavy atom. The maximum Gasteiger partial charge on any atom is 0.145 e. The number of aromatic nitrogens is 3. The normalized spacial score (nSPS) is 11.6. The molecule has 0 radical (unpaired) electrons. The Hall–Kier alpha value is -4.58. The number of fused-ring (bicyclic) bond motifs is 4. The fourth-order valence-electron chi connectivity index (χ4n) is 6.25. The number of thioether (sulfide) groups is 1. The van der Waals surface area contributed by atoms with E-state index in [0.717, 1.165) is 38.3 Å². The van der Waals surface area contributed by atoms with Crippen molar-refractivity contribution in [2.75, 3.05) is 6.26 Å². The van der Waals surface area contributed by atoms with Gasteiger partial charge in [0.15, 0.2) is 0 Å². The van der Waals surface area contributed by atoms with Crippen molar-refractivity contribution in [1.29, 1.82) is 0 Å². The smallest absolute Gasteiger partial charge is 0.145 e. The van der Waals surface area contributed by atoms with Crippen LogP contribution in [0, 0.1) is 0 Å². The van der Waals surface area contributed by atoms with E-state index in [4.69, 9.17) is 4.98 Å². The number of benzene rings is 6. The van der Waals surface area contributed by atoms with Gasteiger partial charge < -0.3 is 4.57 Å². The van der Waals surface area contributed by atoms with Crippen LogP contribution in [0.1, 0.15) is 0 Å². The number of rotatable bonds is 5. The molecule has 0 bridgehead atoms. The molecule has 0 atom stereocenters. The summed E-state index contributed by atoms with van der Waals surface area (Å²) < 4.78 is 5.75. The van der Waals surface area contributed by atoms with E-state index in [-0.39, 0.29) is 0 Å². The minimum absolute atomic E-state index is 0.922. The number of nitrogens with zero attached hydrogens (tertiary/aromatic N) is 3. The van der Waals surface area contributed by atoms with Crippen LogP contribution in [0.2, 0.25) is 0 Å². The van der Waals surface area contributed by atoms with Gasteiger partial charge in [0.25, 0.3) is 0 Å². The molecule has 0 amide bonds. The lowest BCUT2D eigenvalue weighted by Crippen LogP contribution is -2.00. The van der Waals surface area contributed by atoms with Crippen molar-refractivity contribution >= 4 is 60.5 Å². The number of hydrogen-bond acceptors (Lipinski definition) is 2. The van der Waals surface area contributed by atoms with E-state index in [9.17, 15) is 0 Å². The molecule has 0 saturated carbocycles. The molecule has 206 valence electrons. The third-order valence-electron chi connectivity index (χ3n) is 8.07. The van der Waals surface area contributed by atoms with E-state index in [2.05, 4.69) is 171 Å². The monoisotopic (exact) mass is 635 g/mol. The van der Waals surface area contributed by atoms with Crippen LogP contribution in [0.25, 0.3) is 66.7 Å². The summed E-state index contributed by atoms with van der Waals surface area (Å²) in [7, 11) is 0. The molecular weight excluding hydrogens is 610 g/mol. The second-order valence-electron chi connectivity index (χ2n) is 10.5. The second-order valence-corrected chi connectivity index (χ2v) is 12.3. The molecule has 0 aliphatic rings. The number of halogens is 1. The van der Waals surface area contributed by atoms with Gasteiger partial charge in [-0.15, -0.1) is 11.8 Å². The Morgan fingerprint density at radius 2 is 1.30 bits per heavy atom. The maximum atomic E-state index is 5.15. The minimum atomic E-state index is 0.922. The zero-order valence-electron chi connectivity index (χ0n) is 23.4. The summed E-state index contributed by atoms with van der Waals surface area (Å²) in [6.45, 7) is 0. The van der Waals surface area contributed by atoms with Crippen molar-refractivity contribution in [3.05, 3.63) is 144 Å². The lowest BCUT2D eigenvalue weighted by atomic mass is 10.0. The molecule has 8 aromatic rings.